The number of benzene rings is 2. The molecule has 2 amide bonds. The Hall–Kier alpha value is -2.60. The average molecular weight is 389 g/mol. The van der Waals surface area contributed by atoms with E-state index in [0.717, 1.165) is 10.0 Å². The Bertz CT molecular complexity index is 753. The van der Waals surface area contributed by atoms with Crippen LogP contribution in [0.2, 0.25) is 0 Å². The van der Waals surface area contributed by atoms with Gasteiger partial charge in [-0.15, -0.1) is 0 Å². The van der Waals surface area contributed by atoms with Gasteiger partial charge in [0.1, 0.15) is 11.4 Å². The molecule has 6 heteroatoms. The molecule has 24 heavy (non-hydrogen) atoms. The van der Waals surface area contributed by atoms with Gasteiger partial charge in [0.2, 0.25) is 5.91 Å². The predicted octanol–water partition coefficient (Wildman–Crippen LogP) is 3.57. The van der Waals surface area contributed by atoms with Crippen molar-refractivity contribution in [1.82, 2.24) is 5.32 Å². The van der Waals surface area contributed by atoms with Crippen LogP contribution in [-0.4, -0.2) is 18.9 Å². The van der Waals surface area contributed by atoms with E-state index in [2.05, 4.69) is 26.6 Å². The van der Waals surface area contributed by atoms with Gasteiger partial charge in [0.25, 0.3) is 5.91 Å². The van der Waals surface area contributed by atoms with Gasteiger partial charge in [-0.1, -0.05) is 28.1 Å². The molecule has 2 N–H and O–H groups in total. The van der Waals surface area contributed by atoms with E-state index in [9.17, 15) is 9.59 Å². The fraction of sp³-hybridized carbons (Fsp3) is 0.111. The summed E-state index contributed by atoms with van der Waals surface area (Å²) in [6.45, 7) is 1.36. The molecule has 5 nitrogen and oxygen atoms in total. The number of ether oxygens (including phenoxy) is 1. The summed E-state index contributed by atoms with van der Waals surface area (Å²) in [5.74, 6) is -0.00315. The molecule has 124 valence electrons. The summed E-state index contributed by atoms with van der Waals surface area (Å²) in [5, 5.41) is 5.31. The second-order valence-electron chi connectivity index (χ2n) is 4.97. The first-order valence-corrected chi connectivity index (χ1v) is 7.97. The summed E-state index contributed by atoms with van der Waals surface area (Å²) in [5.41, 5.74) is 1.57. The Kier molecular flexibility index (Phi) is 6.14. The van der Waals surface area contributed by atoms with Crippen molar-refractivity contribution < 1.29 is 14.3 Å². The summed E-state index contributed by atoms with van der Waals surface area (Å²) >= 11 is 3.34. The number of amides is 2. The normalized spacial score (nSPS) is 10.9. The maximum absolute atomic E-state index is 12.4. The van der Waals surface area contributed by atoms with Gasteiger partial charge in [-0.2, -0.15) is 0 Å². The second kappa shape index (κ2) is 8.31. The Balaban J connectivity index is 2.22. The summed E-state index contributed by atoms with van der Waals surface area (Å²) in [7, 11) is 1.58. The Morgan fingerprint density at radius 3 is 2.21 bits per heavy atom. The van der Waals surface area contributed by atoms with Crippen LogP contribution in [-0.2, 0) is 9.59 Å². The quantitative estimate of drug-likeness (QED) is 0.769. The summed E-state index contributed by atoms with van der Waals surface area (Å²) in [6, 6.07) is 14.3. The van der Waals surface area contributed by atoms with E-state index < -0.39 is 5.91 Å². The number of nitrogens with one attached hydrogen (secondary N) is 2. The van der Waals surface area contributed by atoms with E-state index in [1.54, 1.807) is 49.6 Å². The van der Waals surface area contributed by atoms with Crippen molar-refractivity contribution in [2.75, 3.05) is 12.4 Å². The lowest BCUT2D eigenvalue weighted by Crippen LogP contribution is -2.28. The largest absolute Gasteiger partial charge is 0.497 e. The molecule has 2 aromatic rings. The van der Waals surface area contributed by atoms with Crippen molar-refractivity contribution in [3.8, 4) is 5.75 Å². The minimum atomic E-state index is -0.400. The topological polar surface area (TPSA) is 67.4 Å². The van der Waals surface area contributed by atoms with Crippen LogP contribution in [0.3, 0.4) is 0 Å². The Morgan fingerprint density at radius 1 is 1.04 bits per heavy atom. The molecule has 0 aliphatic heterocycles. The molecule has 0 fully saturated rings. The van der Waals surface area contributed by atoms with Crippen molar-refractivity contribution >= 4 is 39.5 Å². The Labute approximate surface area is 148 Å². The first-order chi connectivity index (χ1) is 11.5. The first kappa shape index (κ1) is 17.7. The summed E-state index contributed by atoms with van der Waals surface area (Å²) in [6.07, 6.45) is 1.61. The molecule has 0 aliphatic rings. The number of carbonyl (C=O) groups excluding carboxylic acids is 2. The third-order valence-corrected chi connectivity index (χ3v) is 3.61. The van der Waals surface area contributed by atoms with Crippen molar-refractivity contribution in [1.29, 1.82) is 0 Å². The smallest absolute Gasteiger partial charge is 0.272 e. The standard InChI is InChI=1S/C18H17BrN2O3/c1-12(22)20-17(11-13-3-9-16(24-2)10-4-13)18(23)21-15-7-5-14(19)6-8-15/h3-11H,1-2H3,(H,20,22)(H,21,23)/b17-11+. The number of anilines is 1. The lowest BCUT2D eigenvalue weighted by atomic mass is 10.1. The van der Waals surface area contributed by atoms with Crippen LogP contribution in [0.5, 0.6) is 5.75 Å². The van der Waals surface area contributed by atoms with Gasteiger partial charge >= 0.3 is 0 Å². The molecule has 0 heterocycles. The third-order valence-electron chi connectivity index (χ3n) is 3.08. The lowest BCUT2D eigenvalue weighted by molar-refractivity contribution is -0.120. The number of hydrogen-bond donors (Lipinski definition) is 2. The van der Waals surface area contributed by atoms with Crippen molar-refractivity contribution in [3.63, 3.8) is 0 Å². The van der Waals surface area contributed by atoms with Crippen LogP contribution in [0.1, 0.15) is 12.5 Å². The fourth-order valence-electron chi connectivity index (χ4n) is 1.95. The third kappa shape index (κ3) is 5.24. The maximum Gasteiger partial charge on any atom is 0.272 e. The highest BCUT2D eigenvalue weighted by Gasteiger charge is 2.11. The number of methoxy groups -OCH3 is 1. The van der Waals surface area contributed by atoms with Crippen LogP contribution in [0, 0.1) is 0 Å². The zero-order valence-corrected chi connectivity index (χ0v) is 14.9. The van der Waals surface area contributed by atoms with Gasteiger partial charge in [-0.05, 0) is 48.0 Å². The molecule has 0 radical (unpaired) electrons. The van der Waals surface area contributed by atoms with Crippen molar-refractivity contribution in [2.45, 2.75) is 6.92 Å². The van der Waals surface area contributed by atoms with E-state index in [4.69, 9.17) is 4.74 Å². The van der Waals surface area contributed by atoms with Gasteiger partial charge in [0.05, 0.1) is 7.11 Å². The number of carbonyl (C=O) groups is 2. The molecule has 0 aromatic heterocycles. The average Bonchev–Trinajstić information content (AvgIpc) is 2.56. The summed E-state index contributed by atoms with van der Waals surface area (Å²) in [4.78, 5) is 23.8. The molecule has 0 spiro atoms. The number of rotatable bonds is 5. The van der Waals surface area contributed by atoms with Crippen LogP contribution in [0.15, 0.2) is 58.7 Å². The number of hydrogen-bond acceptors (Lipinski definition) is 3. The fourth-order valence-corrected chi connectivity index (χ4v) is 2.21. The van der Waals surface area contributed by atoms with Crippen LogP contribution in [0.4, 0.5) is 5.69 Å². The highest BCUT2D eigenvalue weighted by molar-refractivity contribution is 9.10. The maximum atomic E-state index is 12.4. The van der Waals surface area contributed by atoms with Crippen molar-refractivity contribution in [2.24, 2.45) is 0 Å². The highest BCUT2D eigenvalue weighted by Crippen LogP contribution is 2.16. The predicted molar refractivity (Wildman–Crippen MR) is 97.6 cm³/mol. The molecule has 0 aliphatic carbocycles. The van der Waals surface area contributed by atoms with Gasteiger partial charge < -0.3 is 15.4 Å². The minimum Gasteiger partial charge on any atom is -0.497 e. The molecule has 2 aromatic carbocycles. The highest BCUT2D eigenvalue weighted by atomic mass is 79.9. The monoisotopic (exact) mass is 388 g/mol. The zero-order chi connectivity index (χ0) is 17.5. The number of halogens is 1. The first-order valence-electron chi connectivity index (χ1n) is 7.18. The molecule has 0 unspecified atom stereocenters. The van der Waals surface area contributed by atoms with Crippen LogP contribution < -0.4 is 15.4 Å². The Morgan fingerprint density at radius 2 is 1.67 bits per heavy atom. The molecule has 2 rings (SSSR count). The van der Waals surface area contributed by atoms with Gasteiger partial charge in [0.15, 0.2) is 0 Å². The van der Waals surface area contributed by atoms with E-state index in [1.807, 2.05) is 12.1 Å². The van der Waals surface area contributed by atoms with E-state index >= 15 is 0 Å². The van der Waals surface area contributed by atoms with E-state index in [1.165, 1.54) is 6.92 Å². The SMILES string of the molecule is COc1ccc(/C=C(/NC(C)=O)C(=O)Nc2ccc(Br)cc2)cc1. The van der Waals surface area contributed by atoms with Gasteiger partial charge in [-0.3, -0.25) is 9.59 Å². The molecular weight excluding hydrogens is 372 g/mol. The van der Waals surface area contributed by atoms with Crippen LogP contribution in [0.25, 0.3) is 6.08 Å². The lowest BCUT2D eigenvalue weighted by Gasteiger charge is -2.10. The van der Waals surface area contributed by atoms with E-state index in [0.29, 0.717) is 11.4 Å². The molecule has 0 saturated carbocycles. The molecular formula is C18H17BrN2O3. The second-order valence-corrected chi connectivity index (χ2v) is 5.89. The van der Waals surface area contributed by atoms with Gasteiger partial charge in [-0.25, -0.2) is 0 Å². The zero-order valence-electron chi connectivity index (χ0n) is 13.3. The van der Waals surface area contributed by atoms with Crippen molar-refractivity contribution in [3.05, 3.63) is 64.3 Å². The molecule has 0 saturated heterocycles. The molecule has 0 atom stereocenters. The van der Waals surface area contributed by atoms with Crippen LogP contribution >= 0.6 is 15.9 Å². The summed E-state index contributed by atoms with van der Waals surface area (Å²) < 4.78 is 6.01. The molecule has 0 bridgehead atoms. The van der Waals surface area contributed by atoms with Gasteiger partial charge in [0, 0.05) is 17.1 Å². The minimum absolute atomic E-state index is 0.163. The van der Waals surface area contributed by atoms with E-state index in [-0.39, 0.29) is 11.6 Å².